The minimum Gasteiger partial charge on any atom is -0.493 e. The highest BCUT2D eigenvalue weighted by Gasteiger charge is 2.23. The predicted octanol–water partition coefficient (Wildman–Crippen LogP) is 5.06. The van der Waals surface area contributed by atoms with Gasteiger partial charge in [0.2, 0.25) is 5.91 Å². The fourth-order valence-electron chi connectivity index (χ4n) is 3.50. The summed E-state index contributed by atoms with van der Waals surface area (Å²) in [5.41, 5.74) is 2.15. The highest BCUT2D eigenvalue weighted by atomic mass is 32.1. The number of benzene rings is 1. The monoisotopic (exact) mass is 412 g/mol. The average Bonchev–Trinajstić information content (AvgIpc) is 3.44. The Hall–Kier alpha value is -2.73. The standard InChI is InChI=1S/C23H28N2O3S/c1-16(2)23(17-7-8-20(27-3)21(13-17)28-4)24-22(26)14-19(18-9-12-29-15-18)25-10-5-6-11-25/h5-13,15-16,19,23H,14H2,1-4H3,(H,24,26)/t19-,23+/m1/s1. The van der Waals surface area contributed by atoms with Crippen molar-refractivity contribution in [2.24, 2.45) is 5.92 Å². The normalized spacial score (nSPS) is 13.1. The maximum absolute atomic E-state index is 13.0. The molecule has 0 fully saturated rings. The van der Waals surface area contributed by atoms with Crippen LogP contribution in [0.5, 0.6) is 11.5 Å². The topological polar surface area (TPSA) is 52.5 Å². The summed E-state index contributed by atoms with van der Waals surface area (Å²) >= 11 is 1.64. The Bertz CT molecular complexity index is 870. The average molecular weight is 413 g/mol. The molecule has 0 spiro atoms. The number of nitrogens with zero attached hydrogens (tertiary/aromatic N) is 1. The van der Waals surface area contributed by atoms with Crippen molar-refractivity contribution < 1.29 is 14.3 Å². The molecule has 0 unspecified atom stereocenters. The van der Waals surface area contributed by atoms with Crippen LogP contribution < -0.4 is 14.8 Å². The van der Waals surface area contributed by atoms with Crippen molar-refractivity contribution in [3.63, 3.8) is 0 Å². The lowest BCUT2D eigenvalue weighted by atomic mass is 9.95. The Balaban J connectivity index is 1.79. The first-order valence-corrected chi connectivity index (χ1v) is 10.6. The molecule has 0 saturated carbocycles. The number of nitrogens with one attached hydrogen (secondary N) is 1. The molecule has 2 heterocycles. The van der Waals surface area contributed by atoms with Crippen LogP contribution in [0.1, 0.15) is 43.5 Å². The van der Waals surface area contributed by atoms with Gasteiger partial charge in [-0.3, -0.25) is 4.79 Å². The Morgan fingerprint density at radius 2 is 1.79 bits per heavy atom. The van der Waals surface area contributed by atoms with Crippen LogP contribution in [0.25, 0.3) is 0 Å². The maximum Gasteiger partial charge on any atom is 0.222 e. The van der Waals surface area contributed by atoms with E-state index < -0.39 is 0 Å². The van der Waals surface area contributed by atoms with Gasteiger partial charge in [0, 0.05) is 12.4 Å². The molecule has 1 N–H and O–H groups in total. The van der Waals surface area contributed by atoms with Crippen LogP contribution in [-0.4, -0.2) is 24.7 Å². The zero-order valence-corrected chi connectivity index (χ0v) is 18.1. The summed E-state index contributed by atoms with van der Waals surface area (Å²) in [6, 6.07) is 11.7. The van der Waals surface area contributed by atoms with E-state index in [4.69, 9.17) is 9.47 Å². The molecule has 2 aromatic heterocycles. The van der Waals surface area contributed by atoms with Gasteiger partial charge in [0.25, 0.3) is 0 Å². The largest absolute Gasteiger partial charge is 0.493 e. The van der Waals surface area contributed by atoms with Crippen molar-refractivity contribution in [2.45, 2.75) is 32.4 Å². The fourth-order valence-corrected chi connectivity index (χ4v) is 4.21. The first kappa shape index (κ1) is 21.0. The molecule has 1 amide bonds. The second-order valence-corrected chi connectivity index (χ2v) is 8.09. The third-order valence-corrected chi connectivity index (χ3v) is 5.75. The second-order valence-electron chi connectivity index (χ2n) is 7.31. The molecule has 154 valence electrons. The van der Waals surface area contributed by atoms with E-state index in [9.17, 15) is 4.79 Å². The van der Waals surface area contributed by atoms with Crippen molar-refractivity contribution >= 4 is 17.2 Å². The molecule has 0 saturated heterocycles. The first-order chi connectivity index (χ1) is 14.0. The minimum absolute atomic E-state index is 0.0170. The molecule has 1 aromatic carbocycles. The van der Waals surface area contributed by atoms with Crippen molar-refractivity contribution in [2.75, 3.05) is 14.2 Å². The summed E-state index contributed by atoms with van der Waals surface area (Å²) in [6.07, 6.45) is 4.38. The number of carbonyl (C=O) groups excluding carboxylic acids is 1. The van der Waals surface area contributed by atoms with E-state index in [2.05, 4.69) is 35.2 Å². The first-order valence-electron chi connectivity index (χ1n) is 9.69. The minimum atomic E-state index is -0.116. The zero-order valence-electron chi connectivity index (χ0n) is 17.3. The molecule has 0 aliphatic carbocycles. The summed E-state index contributed by atoms with van der Waals surface area (Å²) < 4.78 is 12.9. The summed E-state index contributed by atoms with van der Waals surface area (Å²) in [7, 11) is 3.23. The summed E-state index contributed by atoms with van der Waals surface area (Å²) in [6.45, 7) is 4.20. The quantitative estimate of drug-likeness (QED) is 0.534. The SMILES string of the molecule is COc1ccc([C@@H](NC(=O)C[C@H](c2ccsc2)n2cccc2)C(C)C)cc1OC. The Kier molecular flexibility index (Phi) is 6.99. The van der Waals surface area contributed by atoms with Crippen molar-refractivity contribution in [1.29, 1.82) is 0 Å². The van der Waals surface area contributed by atoms with Gasteiger partial charge >= 0.3 is 0 Å². The molecule has 3 rings (SSSR count). The molecule has 0 aliphatic heterocycles. The van der Waals surface area contributed by atoms with Crippen LogP contribution >= 0.6 is 11.3 Å². The lowest BCUT2D eigenvalue weighted by molar-refractivity contribution is -0.122. The Labute approximate surface area is 176 Å². The molecule has 0 aliphatic rings. The Morgan fingerprint density at radius 1 is 1.07 bits per heavy atom. The molecule has 6 heteroatoms. The van der Waals surface area contributed by atoms with Gasteiger partial charge in [0.05, 0.1) is 32.7 Å². The predicted molar refractivity (Wildman–Crippen MR) is 117 cm³/mol. The highest BCUT2D eigenvalue weighted by Crippen LogP contribution is 2.33. The molecule has 5 nitrogen and oxygen atoms in total. The number of thiophene rings is 1. The molecule has 0 radical (unpaired) electrons. The second kappa shape index (κ2) is 9.65. The number of hydrogen-bond donors (Lipinski definition) is 1. The van der Waals surface area contributed by atoms with E-state index in [1.165, 1.54) is 0 Å². The molecule has 3 aromatic rings. The van der Waals surface area contributed by atoms with Crippen molar-refractivity contribution in [3.8, 4) is 11.5 Å². The molecule has 0 bridgehead atoms. The molecular formula is C23H28N2O3S. The van der Waals surface area contributed by atoms with Gasteiger partial charge in [-0.15, -0.1) is 0 Å². The maximum atomic E-state index is 13.0. The van der Waals surface area contributed by atoms with Gasteiger partial charge in [-0.25, -0.2) is 0 Å². The van der Waals surface area contributed by atoms with E-state index in [0.717, 1.165) is 11.1 Å². The van der Waals surface area contributed by atoms with E-state index in [1.807, 2.05) is 48.1 Å². The van der Waals surface area contributed by atoms with Gasteiger partial charge in [-0.05, 0) is 58.1 Å². The van der Waals surface area contributed by atoms with E-state index in [1.54, 1.807) is 25.6 Å². The van der Waals surface area contributed by atoms with Crippen LogP contribution in [0.2, 0.25) is 0 Å². The van der Waals surface area contributed by atoms with Gasteiger partial charge in [-0.1, -0.05) is 19.9 Å². The van der Waals surface area contributed by atoms with Crippen LogP contribution in [-0.2, 0) is 4.79 Å². The van der Waals surface area contributed by atoms with Gasteiger partial charge < -0.3 is 19.4 Å². The van der Waals surface area contributed by atoms with Crippen molar-refractivity contribution in [1.82, 2.24) is 9.88 Å². The molecule has 2 atom stereocenters. The van der Waals surface area contributed by atoms with Gasteiger partial charge in [0.15, 0.2) is 11.5 Å². The van der Waals surface area contributed by atoms with Crippen molar-refractivity contribution in [3.05, 3.63) is 70.7 Å². The number of aromatic nitrogens is 1. The number of hydrogen-bond acceptors (Lipinski definition) is 4. The smallest absolute Gasteiger partial charge is 0.222 e. The highest BCUT2D eigenvalue weighted by molar-refractivity contribution is 7.08. The van der Waals surface area contributed by atoms with E-state index in [0.29, 0.717) is 17.9 Å². The summed E-state index contributed by atoms with van der Waals surface area (Å²) in [5, 5.41) is 7.38. The van der Waals surface area contributed by atoms with Crippen LogP contribution in [0.4, 0.5) is 0 Å². The number of amides is 1. The Morgan fingerprint density at radius 3 is 2.38 bits per heavy atom. The zero-order chi connectivity index (χ0) is 20.8. The third-order valence-electron chi connectivity index (χ3n) is 5.04. The van der Waals surface area contributed by atoms with Crippen LogP contribution in [0.15, 0.2) is 59.6 Å². The van der Waals surface area contributed by atoms with Crippen LogP contribution in [0, 0.1) is 5.92 Å². The number of methoxy groups -OCH3 is 2. The lowest BCUT2D eigenvalue weighted by Crippen LogP contribution is -2.33. The lowest BCUT2D eigenvalue weighted by Gasteiger charge is -2.25. The third kappa shape index (κ3) is 5.01. The number of ether oxygens (including phenoxy) is 2. The summed E-state index contributed by atoms with van der Waals surface area (Å²) in [5.74, 6) is 1.58. The van der Waals surface area contributed by atoms with Gasteiger partial charge in [-0.2, -0.15) is 11.3 Å². The number of rotatable bonds is 9. The van der Waals surface area contributed by atoms with E-state index in [-0.39, 0.29) is 23.9 Å². The molecule has 29 heavy (non-hydrogen) atoms. The van der Waals surface area contributed by atoms with E-state index >= 15 is 0 Å². The molecular weight excluding hydrogens is 384 g/mol. The fraction of sp³-hybridized carbons (Fsp3) is 0.348. The summed E-state index contributed by atoms with van der Waals surface area (Å²) in [4.78, 5) is 13.0. The van der Waals surface area contributed by atoms with Crippen LogP contribution in [0.3, 0.4) is 0 Å². The number of carbonyl (C=O) groups is 1. The van der Waals surface area contributed by atoms with Gasteiger partial charge in [0.1, 0.15) is 0 Å².